The molecule has 2 N–H and O–H groups in total. The molecule has 3 aromatic heterocycles. The van der Waals surface area contributed by atoms with Crippen molar-refractivity contribution >= 4 is 16.9 Å². The van der Waals surface area contributed by atoms with E-state index in [-0.39, 0.29) is 12.6 Å². The van der Waals surface area contributed by atoms with Crippen LogP contribution in [0.3, 0.4) is 0 Å². The van der Waals surface area contributed by atoms with E-state index in [1.807, 2.05) is 19.2 Å². The lowest BCUT2D eigenvalue weighted by Crippen LogP contribution is -2.14. The number of hydrogen-bond acceptors (Lipinski definition) is 6. The third kappa shape index (κ3) is 3.57. The van der Waals surface area contributed by atoms with Gasteiger partial charge >= 0.3 is 0 Å². The molecule has 0 saturated heterocycles. The van der Waals surface area contributed by atoms with E-state index in [2.05, 4.69) is 51.6 Å². The van der Waals surface area contributed by atoms with Crippen LogP contribution < -0.4 is 5.32 Å². The number of aryl methyl sites for hydroxylation is 2. The van der Waals surface area contributed by atoms with Crippen LogP contribution in [0.5, 0.6) is 0 Å². The Morgan fingerprint density at radius 1 is 1.07 bits per heavy atom. The summed E-state index contributed by atoms with van der Waals surface area (Å²) in [6.07, 6.45) is 5.78. The zero-order chi connectivity index (χ0) is 19.5. The molecule has 0 bridgehead atoms. The summed E-state index contributed by atoms with van der Waals surface area (Å²) in [4.78, 5) is 13.5. The number of nitrogens with zero attached hydrogens (tertiary/aromatic N) is 5. The topological polar surface area (TPSA) is 88.8 Å². The molecule has 0 saturated carbocycles. The number of benzene rings is 1. The number of fused-ring (bicyclic) bond motifs is 1. The van der Waals surface area contributed by atoms with Gasteiger partial charge in [0.15, 0.2) is 11.5 Å². The summed E-state index contributed by atoms with van der Waals surface area (Å²) >= 11 is 0. The summed E-state index contributed by atoms with van der Waals surface area (Å²) in [7, 11) is 1.86. The first-order chi connectivity index (χ1) is 13.7. The maximum absolute atomic E-state index is 9.58. The van der Waals surface area contributed by atoms with Crippen LogP contribution in [0.25, 0.3) is 22.4 Å². The minimum atomic E-state index is -0.0748. The highest BCUT2D eigenvalue weighted by Crippen LogP contribution is 2.29. The maximum atomic E-state index is 9.58. The van der Waals surface area contributed by atoms with Gasteiger partial charge in [-0.1, -0.05) is 29.8 Å². The van der Waals surface area contributed by atoms with E-state index >= 15 is 0 Å². The Balaban J connectivity index is 1.78. The van der Waals surface area contributed by atoms with Crippen molar-refractivity contribution < 1.29 is 5.11 Å². The molecule has 0 amide bonds. The number of hydrogen-bond donors (Lipinski definition) is 2. The van der Waals surface area contributed by atoms with Gasteiger partial charge in [0.2, 0.25) is 0 Å². The maximum Gasteiger partial charge on any atom is 0.164 e. The van der Waals surface area contributed by atoms with Gasteiger partial charge in [-0.3, -0.25) is 9.67 Å². The first-order valence-corrected chi connectivity index (χ1v) is 9.20. The van der Waals surface area contributed by atoms with Gasteiger partial charge < -0.3 is 10.4 Å². The van der Waals surface area contributed by atoms with E-state index in [4.69, 9.17) is 4.98 Å². The van der Waals surface area contributed by atoms with E-state index in [9.17, 15) is 5.11 Å². The zero-order valence-corrected chi connectivity index (χ0v) is 15.9. The SMILES string of the molecule is Cc1ccc(C(CCO)Nc2nc(-c3ccncc3)nc3c2cnn3C)cc1. The van der Waals surface area contributed by atoms with Crippen LogP contribution in [-0.2, 0) is 7.05 Å². The Labute approximate surface area is 163 Å². The van der Waals surface area contributed by atoms with Crippen molar-refractivity contribution in [3.8, 4) is 11.4 Å². The number of pyridine rings is 1. The quantitative estimate of drug-likeness (QED) is 0.538. The Kier molecular flexibility index (Phi) is 4.99. The van der Waals surface area contributed by atoms with Crippen LogP contribution in [0.1, 0.15) is 23.6 Å². The predicted octanol–water partition coefficient (Wildman–Crippen LogP) is 3.27. The average molecular weight is 374 g/mol. The lowest BCUT2D eigenvalue weighted by Gasteiger charge is -2.20. The molecule has 4 rings (SSSR count). The highest BCUT2D eigenvalue weighted by atomic mass is 16.3. The van der Waals surface area contributed by atoms with E-state index in [0.717, 1.165) is 22.2 Å². The Morgan fingerprint density at radius 2 is 1.82 bits per heavy atom. The molecule has 1 atom stereocenters. The summed E-state index contributed by atoms with van der Waals surface area (Å²) in [5.74, 6) is 1.30. The second-order valence-electron chi connectivity index (χ2n) is 6.76. The van der Waals surface area contributed by atoms with Gasteiger partial charge in [0.05, 0.1) is 17.6 Å². The largest absolute Gasteiger partial charge is 0.396 e. The Morgan fingerprint density at radius 3 is 2.54 bits per heavy atom. The summed E-state index contributed by atoms with van der Waals surface area (Å²) in [5.41, 5.74) is 3.93. The minimum absolute atomic E-state index is 0.0734. The predicted molar refractivity (Wildman–Crippen MR) is 109 cm³/mol. The highest BCUT2D eigenvalue weighted by molar-refractivity contribution is 5.88. The average Bonchev–Trinajstić information content (AvgIpc) is 3.10. The molecule has 4 aromatic rings. The molecule has 0 fully saturated rings. The van der Waals surface area contributed by atoms with Crippen molar-refractivity contribution in [3.05, 3.63) is 66.1 Å². The summed E-state index contributed by atoms with van der Waals surface area (Å²) in [6.45, 7) is 2.13. The molecule has 0 aliphatic rings. The van der Waals surface area contributed by atoms with Crippen molar-refractivity contribution in [1.82, 2.24) is 24.7 Å². The molecule has 0 aliphatic carbocycles. The molecular weight excluding hydrogens is 352 g/mol. The number of aromatic nitrogens is 5. The second-order valence-corrected chi connectivity index (χ2v) is 6.76. The lowest BCUT2D eigenvalue weighted by atomic mass is 10.0. The minimum Gasteiger partial charge on any atom is -0.396 e. The Bertz CT molecular complexity index is 1080. The van der Waals surface area contributed by atoms with Gasteiger partial charge in [-0.25, -0.2) is 9.97 Å². The number of aliphatic hydroxyl groups excluding tert-OH is 1. The molecule has 3 heterocycles. The molecule has 28 heavy (non-hydrogen) atoms. The number of rotatable bonds is 6. The van der Waals surface area contributed by atoms with E-state index in [1.54, 1.807) is 23.3 Å². The van der Waals surface area contributed by atoms with Gasteiger partial charge in [0.1, 0.15) is 5.82 Å². The van der Waals surface area contributed by atoms with Gasteiger partial charge in [-0.2, -0.15) is 5.10 Å². The molecular formula is C21H22N6O. The van der Waals surface area contributed by atoms with Crippen LogP contribution in [-0.4, -0.2) is 36.4 Å². The van der Waals surface area contributed by atoms with Gasteiger partial charge in [0.25, 0.3) is 0 Å². The van der Waals surface area contributed by atoms with Crippen molar-refractivity contribution in [2.75, 3.05) is 11.9 Å². The number of aliphatic hydroxyl groups is 1. The third-order valence-electron chi connectivity index (χ3n) is 4.74. The van der Waals surface area contributed by atoms with Crippen LogP contribution in [0.4, 0.5) is 5.82 Å². The molecule has 0 radical (unpaired) electrons. The summed E-state index contributed by atoms with van der Waals surface area (Å²) in [5, 5.41) is 18.3. The van der Waals surface area contributed by atoms with Crippen molar-refractivity contribution in [1.29, 1.82) is 0 Å². The molecule has 7 heteroatoms. The molecule has 1 aromatic carbocycles. The van der Waals surface area contributed by atoms with E-state index in [1.165, 1.54) is 5.56 Å². The molecule has 0 spiro atoms. The van der Waals surface area contributed by atoms with Crippen molar-refractivity contribution in [2.45, 2.75) is 19.4 Å². The molecule has 0 aliphatic heterocycles. The first-order valence-electron chi connectivity index (χ1n) is 9.20. The van der Waals surface area contributed by atoms with Crippen molar-refractivity contribution in [2.24, 2.45) is 7.05 Å². The first kappa shape index (κ1) is 18.1. The van der Waals surface area contributed by atoms with Gasteiger partial charge in [-0.15, -0.1) is 0 Å². The normalized spacial score (nSPS) is 12.2. The van der Waals surface area contributed by atoms with Crippen LogP contribution in [0.15, 0.2) is 55.0 Å². The zero-order valence-electron chi connectivity index (χ0n) is 15.9. The highest BCUT2D eigenvalue weighted by Gasteiger charge is 2.17. The van der Waals surface area contributed by atoms with Gasteiger partial charge in [0, 0.05) is 31.6 Å². The lowest BCUT2D eigenvalue weighted by molar-refractivity contribution is 0.280. The monoisotopic (exact) mass is 374 g/mol. The number of anilines is 1. The number of nitrogens with one attached hydrogen (secondary N) is 1. The van der Waals surface area contributed by atoms with Crippen LogP contribution in [0, 0.1) is 6.92 Å². The fourth-order valence-corrected chi connectivity index (χ4v) is 3.18. The molecule has 142 valence electrons. The smallest absolute Gasteiger partial charge is 0.164 e. The Hall–Kier alpha value is -3.32. The molecule has 1 unspecified atom stereocenters. The van der Waals surface area contributed by atoms with E-state index < -0.39 is 0 Å². The second kappa shape index (κ2) is 7.74. The van der Waals surface area contributed by atoms with E-state index in [0.29, 0.717) is 18.1 Å². The van der Waals surface area contributed by atoms with Crippen molar-refractivity contribution in [3.63, 3.8) is 0 Å². The van der Waals surface area contributed by atoms with Crippen LogP contribution >= 0.6 is 0 Å². The van der Waals surface area contributed by atoms with Crippen LogP contribution in [0.2, 0.25) is 0 Å². The summed E-state index contributed by atoms with van der Waals surface area (Å²) in [6, 6.07) is 12.0. The fourth-order valence-electron chi connectivity index (χ4n) is 3.18. The standard InChI is InChI=1S/C21H22N6O/c1-14-3-5-15(6-4-14)18(9-12-28)24-20-17-13-23-27(2)21(17)26-19(25-20)16-7-10-22-11-8-16/h3-8,10-11,13,18,28H,9,12H2,1-2H3,(H,24,25,26). The van der Waals surface area contributed by atoms with Gasteiger partial charge in [-0.05, 0) is 31.0 Å². The third-order valence-corrected chi connectivity index (χ3v) is 4.74. The fraction of sp³-hybridized carbons (Fsp3) is 0.238. The molecule has 7 nitrogen and oxygen atoms in total. The summed E-state index contributed by atoms with van der Waals surface area (Å²) < 4.78 is 1.74.